The van der Waals surface area contributed by atoms with Crippen molar-refractivity contribution < 1.29 is 9.21 Å². The van der Waals surface area contributed by atoms with Crippen LogP contribution in [0.3, 0.4) is 0 Å². The number of rotatable bonds is 5. The molecule has 4 rings (SSSR count). The number of aromatic nitrogens is 4. The van der Waals surface area contributed by atoms with Gasteiger partial charge in [-0.3, -0.25) is 9.89 Å². The van der Waals surface area contributed by atoms with Crippen LogP contribution in [0.25, 0.3) is 0 Å². The first kappa shape index (κ1) is 16.8. The number of hydrogen-bond donors (Lipinski definition) is 1. The summed E-state index contributed by atoms with van der Waals surface area (Å²) < 4.78 is 5.76. The van der Waals surface area contributed by atoms with Crippen molar-refractivity contribution >= 4 is 17.7 Å². The minimum Gasteiger partial charge on any atom is -0.455 e. The summed E-state index contributed by atoms with van der Waals surface area (Å²) in [5.74, 6) is 1.97. The summed E-state index contributed by atoms with van der Waals surface area (Å²) in [6.45, 7) is 1.44. The molecule has 1 atom stereocenters. The zero-order chi connectivity index (χ0) is 17.8. The van der Waals surface area contributed by atoms with Crippen LogP contribution in [0, 0.1) is 0 Å². The summed E-state index contributed by atoms with van der Waals surface area (Å²) in [4.78, 5) is 23.0. The zero-order valence-corrected chi connectivity index (χ0v) is 15.0. The summed E-state index contributed by atoms with van der Waals surface area (Å²) in [5.41, 5.74) is 1.09. The number of likely N-dealkylation sites (tertiary alicyclic amines) is 1. The molecular weight excluding hydrogens is 350 g/mol. The molecule has 0 saturated carbocycles. The van der Waals surface area contributed by atoms with Gasteiger partial charge in [0.25, 0.3) is 5.91 Å². The van der Waals surface area contributed by atoms with E-state index in [9.17, 15) is 4.79 Å². The number of furan rings is 1. The number of amides is 1. The smallest absolute Gasteiger partial charge is 0.289 e. The third-order valence-corrected chi connectivity index (χ3v) is 5.33. The third kappa shape index (κ3) is 3.80. The molecule has 4 heterocycles. The number of hydrogen-bond acceptors (Lipinski definition) is 6. The minimum absolute atomic E-state index is 0.0542. The summed E-state index contributed by atoms with van der Waals surface area (Å²) in [5, 5.41) is 7.72. The maximum absolute atomic E-state index is 12.8. The summed E-state index contributed by atoms with van der Waals surface area (Å²) in [7, 11) is 0. The fraction of sp³-hybridized carbons (Fsp3) is 0.333. The summed E-state index contributed by atoms with van der Waals surface area (Å²) >= 11 is 1.48. The van der Waals surface area contributed by atoms with Gasteiger partial charge in [0.1, 0.15) is 5.76 Å². The van der Waals surface area contributed by atoms with E-state index in [4.69, 9.17) is 4.42 Å². The molecule has 0 aliphatic carbocycles. The van der Waals surface area contributed by atoms with Gasteiger partial charge in [-0.15, -0.1) is 0 Å². The molecular formula is C18H19N5O2S. The van der Waals surface area contributed by atoms with Crippen molar-refractivity contribution in [1.82, 2.24) is 25.1 Å². The first-order chi connectivity index (χ1) is 12.8. The average molecular weight is 369 g/mol. The topological polar surface area (TPSA) is 87.9 Å². The maximum Gasteiger partial charge on any atom is 0.289 e. The van der Waals surface area contributed by atoms with Gasteiger partial charge in [-0.25, -0.2) is 9.97 Å². The molecule has 0 radical (unpaired) electrons. The first-order valence-corrected chi connectivity index (χ1v) is 9.55. The van der Waals surface area contributed by atoms with Crippen molar-refractivity contribution in [2.75, 3.05) is 13.1 Å². The van der Waals surface area contributed by atoms with Crippen LogP contribution in [0.4, 0.5) is 0 Å². The van der Waals surface area contributed by atoms with E-state index < -0.39 is 0 Å². The number of H-pyrrole nitrogens is 1. The molecule has 26 heavy (non-hydrogen) atoms. The first-order valence-electron chi connectivity index (χ1n) is 8.56. The average Bonchev–Trinajstić information content (AvgIpc) is 3.39. The lowest BCUT2D eigenvalue weighted by Crippen LogP contribution is -2.39. The van der Waals surface area contributed by atoms with Crippen molar-refractivity contribution in [2.24, 2.45) is 0 Å². The van der Waals surface area contributed by atoms with E-state index in [2.05, 4.69) is 20.2 Å². The molecule has 0 spiro atoms. The van der Waals surface area contributed by atoms with Crippen LogP contribution in [0.2, 0.25) is 0 Å². The molecule has 1 aliphatic heterocycles. The molecule has 3 aromatic rings. The second kappa shape index (κ2) is 7.74. The van der Waals surface area contributed by atoms with Crippen LogP contribution < -0.4 is 0 Å². The quantitative estimate of drug-likeness (QED) is 0.549. The van der Waals surface area contributed by atoms with E-state index in [-0.39, 0.29) is 5.91 Å². The standard InChI is InChI=1S/C18H19N5O2S/c24-17(23-10-1-3-13(11-23)15-6-9-21-22-15)16-5-4-14(25-16)12-26-18-19-7-2-8-20-18/h2,4-9,13H,1,3,10-12H2,(H,21,22)/t13-/m0/s1. The highest BCUT2D eigenvalue weighted by molar-refractivity contribution is 7.98. The van der Waals surface area contributed by atoms with Crippen LogP contribution in [0.15, 0.2) is 52.4 Å². The molecule has 1 N–H and O–H groups in total. The lowest BCUT2D eigenvalue weighted by Gasteiger charge is -2.31. The Labute approximate surface area is 155 Å². The fourth-order valence-corrected chi connectivity index (χ4v) is 3.83. The van der Waals surface area contributed by atoms with Crippen LogP contribution in [-0.4, -0.2) is 44.1 Å². The Bertz CT molecular complexity index is 850. The normalized spacial score (nSPS) is 17.4. The van der Waals surface area contributed by atoms with Gasteiger partial charge in [0, 0.05) is 43.3 Å². The molecule has 1 amide bonds. The highest BCUT2D eigenvalue weighted by Gasteiger charge is 2.27. The van der Waals surface area contributed by atoms with Gasteiger partial charge in [0.15, 0.2) is 10.9 Å². The van der Waals surface area contributed by atoms with Crippen LogP contribution in [-0.2, 0) is 5.75 Å². The predicted octanol–water partition coefficient (Wildman–Crippen LogP) is 3.10. The van der Waals surface area contributed by atoms with Gasteiger partial charge in [-0.2, -0.15) is 5.10 Å². The number of nitrogens with one attached hydrogen (secondary N) is 1. The Morgan fingerprint density at radius 1 is 1.27 bits per heavy atom. The molecule has 0 unspecified atom stereocenters. The van der Waals surface area contributed by atoms with Crippen molar-refractivity contribution in [3.05, 3.63) is 60.1 Å². The van der Waals surface area contributed by atoms with E-state index >= 15 is 0 Å². The van der Waals surface area contributed by atoms with Crippen molar-refractivity contribution in [2.45, 2.75) is 29.7 Å². The lowest BCUT2D eigenvalue weighted by molar-refractivity contribution is 0.0672. The predicted molar refractivity (Wildman–Crippen MR) is 96.8 cm³/mol. The summed E-state index contributed by atoms with van der Waals surface area (Å²) in [6, 6.07) is 7.36. The van der Waals surface area contributed by atoms with Gasteiger partial charge in [-0.05, 0) is 37.1 Å². The second-order valence-corrected chi connectivity index (χ2v) is 7.13. The Morgan fingerprint density at radius 2 is 2.15 bits per heavy atom. The fourth-order valence-electron chi connectivity index (χ4n) is 3.13. The van der Waals surface area contributed by atoms with E-state index in [1.165, 1.54) is 11.8 Å². The molecule has 0 aromatic carbocycles. The minimum atomic E-state index is -0.0542. The molecule has 3 aromatic heterocycles. The number of piperidine rings is 1. The number of thioether (sulfide) groups is 1. The molecule has 7 nitrogen and oxygen atoms in total. The number of carbonyl (C=O) groups is 1. The lowest BCUT2D eigenvalue weighted by atomic mass is 9.95. The van der Waals surface area contributed by atoms with Crippen LogP contribution in [0.5, 0.6) is 0 Å². The largest absolute Gasteiger partial charge is 0.455 e. The highest BCUT2D eigenvalue weighted by Crippen LogP contribution is 2.27. The Morgan fingerprint density at radius 3 is 2.96 bits per heavy atom. The van der Waals surface area contributed by atoms with Crippen molar-refractivity contribution in [1.29, 1.82) is 0 Å². The summed E-state index contributed by atoms with van der Waals surface area (Å²) in [6.07, 6.45) is 7.20. The second-order valence-electron chi connectivity index (χ2n) is 6.19. The number of nitrogens with zero attached hydrogens (tertiary/aromatic N) is 4. The van der Waals surface area contributed by atoms with Crippen LogP contribution in [0.1, 0.15) is 40.8 Å². The van der Waals surface area contributed by atoms with Gasteiger partial charge < -0.3 is 9.32 Å². The van der Waals surface area contributed by atoms with Crippen LogP contribution >= 0.6 is 11.8 Å². The van der Waals surface area contributed by atoms with Gasteiger partial charge in [-0.1, -0.05) is 11.8 Å². The number of carbonyl (C=O) groups excluding carboxylic acids is 1. The van der Waals surface area contributed by atoms with Crippen molar-refractivity contribution in [3.63, 3.8) is 0 Å². The third-order valence-electron chi connectivity index (χ3n) is 4.43. The van der Waals surface area contributed by atoms with Crippen molar-refractivity contribution in [3.8, 4) is 0 Å². The van der Waals surface area contributed by atoms with Gasteiger partial charge >= 0.3 is 0 Å². The van der Waals surface area contributed by atoms with E-state index in [0.29, 0.717) is 29.1 Å². The Balaban J connectivity index is 1.38. The molecule has 8 heteroatoms. The Kier molecular flexibility index (Phi) is 5.01. The molecule has 1 aliphatic rings. The van der Waals surface area contributed by atoms with Gasteiger partial charge in [0.05, 0.1) is 5.75 Å². The number of aromatic amines is 1. The van der Waals surface area contributed by atoms with E-state index in [0.717, 1.165) is 30.8 Å². The SMILES string of the molecule is O=C(c1ccc(CSc2ncccn2)o1)N1CCC[C@H](c2ccn[nH]2)C1. The molecule has 1 saturated heterocycles. The van der Waals surface area contributed by atoms with E-state index in [1.54, 1.807) is 30.7 Å². The van der Waals surface area contributed by atoms with Gasteiger partial charge in [0.2, 0.25) is 0 Å². The molecule has 1 fully saturated rings. The highest BCUT2D eigenvalue weighted by atomic mass is 32.2. The maximum atomic E-state index is 12.8. The molecule has 0 bridgehead atoms. The zero-order valence-electron chi connectivity index (χ0n) is 14.2. The Hall–Kier alpha value is -2.61. The monoisotopic (exact) mass is 369 g/mol. The van der Waals surface area contributed by atoms with E-state index in [1.807, 2.05) is 17.0 Å². The molecule has 134 valence electrons.